The van der Waals surface area contributed by atoms with Crippen molar-refractivity contribution >= 4 is 11.9 Å². The second kappa shape index (κ2) is 7.26. The molecule has 5 nitrogen and oxygen atoms in total. The Morgan fingerprint density at radius 3 is 2.09 bits per heavy atom. The van der Waals surface area contributed by atoms with Crippen molar-refractivity contribution < 1.29 is 19.1 Å². The minimum Gasteiger partial charge on any atom is -0.497 e. The SMILES string of the molecule is COc1ccc(OC(=O)c2ccc(CNC(C)=O)cc2)cc1. The van der Waals surface area contributed by atoms with Crippen molar-refractivity contribution in [2.45, 2.75) is 13.5 Å². The summed E-state index contributed by atoms with van der Waals surface area (Å²) in [5.41, 5.74) is 1.36. The Kier molecular flexibility index (Phi) is 5.14. The fraction of sp³-hybridized carbons (Fsp3) is 0.176. The van der Waals surface area contributed by atoms with Gasteiger partial charge < -0.3 is 14.8 Å². The summed E-state index contributed by atoms with van der Waals surface area (Å²) in [6.45, 7) is 1.89. The number of hydrogen-bond acceptors (Lipinski definition) is 4. The number of rotatable bonds is 5. The van der Waals surface area contributed by atoms with Crippen molar-refractivity contribution in [1.82, 2.24) is 5.32 Å². The van der Waals surface area contributed by atoms with Crippen LogP contribution in [-0.2, 0) is 11.3 Å². The summed E-state index contributed by atoms with van der Waals surface area (Å²) < 4.78 is 10.3. The van der Waals surface area contributed by atoms with Gasteiger partial charge in [0.15, 0.2) is 0 Å². The second-order valence-corrected chi connectivity index (χ2v) is 4.67. The third-order valence-electron chi connectivity index (χ3n) is 3.00. The third kappa shape index (κ3) is 4.34. The number of nitrogens with one attached hydrogen (secondary N) is 1. The Morgan fingerprint density at radius 1 is 0.955 bits per heavy atom. The van der Waals surface area contributed by atoms with Crippen LogP contribution in [0.25, 0.3) is 0 Å². The zero-order valence-corrected chi connectivity index (χ0v) is 12.5. The number of carbonyl (C=O) groups is 2. The summed E-state index contributed by atoms with van der Waals surface area (Å²) in [4.78, 5) is 22.9. The molecule has 114 valence electrons. The molecule has 5 heteroatoms. The Balaban J connectivity index is 1.98. The monoisotopic (exact) mass is 299 g/mol. The van der Waals surface area contributed by atoms with E-state index in [-0.39, 0.29) is 5.91 Å². The molecule has 0 spiro atoms. The molecule has 0 aromatic heterocycles. The highest BCUT2D eigenvalue weighted by molar-refractivity contribution is 5.91. The molecule has 2 rings (SSSR count). The van der Waals surface area contributed by atoms with Gasteiger partial charge in [-0.3, -0.25) is 4.79 Å². The van der Waals surface area contributed by atoms with E-state index in [1.807, 2.05) is 0 Å². The largest absolute Gasteiger partial charge is 0.497 e. The van der Waals surface area contributed by atoms with Crippen LogP contribution < -0.4 is 14.8 Å². The maximum atomic E-state index is 12.0. The molecule has 0 saturated heterocycles. The average Bonchev–Trinajstić information content (AvgIpc) is 2.54. The maximum absolute atomic E-state index is 12.0. The zero-order chi connectivity index (χ0) is 15.9. The number of benzene rings is 2. The molecule has 1 N–H and O–H groups in total. The summed E-state index contributed by atoms with van der Waals surface area (Å²) in [6.07, 6.45) is 0. The standard InChI is InChI=1S/C17H17NO4/c1-12(19)18-11-13-3-5-14(6-4-13)17(20)22-16-9-7-15(21-2)8-10-16/h3-10H,11H2,1-2H3,(H,18,19). The molecule has 0 fully saturated rings. The normalized spacial score (nSPS) is 9.91. The second-order valence-electron chi connectivity index (χ2n) is 4.67. The van der Waals surface area contributed by atoms with E-state index >= 15 is 0 Å². The third-order valence-corrected chi connectivity index (χ3v) is 3.00. The van der Waals surface area contributed by atoms with Gasteiger partial charge in [-0.25, -0.2) is 4.79 Å². The lowest BCUT2D eigenvalue weighted by Crippen LogP contribution is -2.18. The first kappa shape index (κ1) is 15.6. The topological polar surface area (TPSA) is 64.6 Å². The Hall–Kier alpha value is -2.82. The van der Waals surface area contributed by atoms with Crippen LogP contribution in [0.4, 0.5) is 0 Å². The highest BCUT2D eigenvalue weighted by Crippen LogP contribution is 2.18. The Labute approximate surface area is 128 Å². The van der Waals surface area contributed by atoms with Crippen LogP contribution in [-0.4, -0.2) is 19.0 Å². The molecule has 0 bridgehead atoms. The zero-order valence-electron chi connectivity index (χ0n) is 12.5. The number of methoxy groups -OCH3 is 1. The summed E-state index contributed by atoms with van der Waals surface area (Å²) in [5, 5.41) is 2.69. The van der Waals surface area contributed by atoms with Gasteiger partial charge in [-0.15, -0.1) is 0 Å². The highest BCUT2D eigenvalue weighted by atomic mass is 16.5. The number of carbonyl (C=O) groups excluding carboxylic acids is 2. The lowest BCUT2D eigenvalue weighted by molar-refractivity contribution is -0.119. The summed E-state index contributed by atoms with van der Waals surface area (Å²) >= 11 is 0. The number of amides is 1. The van der Waals surface area contributed by atoms with Gasteiger partial charge in [0.1, 0.15) is 11.5 Å². The molecular weight excluding hydrogens is 282 g/mol. The minimum atomic E-state index is -0.434. The molecule has 2 aromatic rings. The first-order valence-electron chi connectivity index (χ1n) is 6.78. The van der Waals surface area contributed by atoms with E-state index in [1.165, 1.54) is 6.92 Å². The van der Waals surface area contributed by atoms with E-state index in [1.54, 1.807) is 55.6 Å². The van der Waals surface area contributed by atoms with Crippen molar-refractivity contribution in [2.24, 2.45) is 0 Å². The molecule has 22 heavy (non-hydrogen) atoms. The van der Waals surface area contributed by atoms with Gasteiger partial charge in [-0.05, 0) is 42.0 Å². The lowest BCUT2D eigenvalue weighted by Gasteiger charge is -2.06. The molecule has 1 amide bonds. The van der Waals surface area contributed by atoms with E-state index < -0.39 is 5.97 Å². The summed E-state index contributed by atoms with van der Waals surface area (Å²) in [5.74, 6) is 0.620. The van der Waals surface area contributed by atoms with Gasteiger partial charge in [0, 0.05) is 13.5 Å². The molecule has 0 aliphatic carbocycles. The molecule has 0 aliphatic rings. The lowest BCUT2D eigenvalue weighted by atomic mass is 10.1. The van der Waals surface area contributed by atoms with Crippen LogP contribution >= 0.6 is 0 Å². The molecule has 0 saturated carbocycles. The van der Waals surface area contributed by atoms with Gasteiger partial charge in [0.2, 0.25) is 5.91 Å². The van der Waals surface area contributed by atoms with Gasteiger partial charge in [0.25, 0.3) is 0 Å². The van der Waals surface area contributed by atoms with E-state index in [0.717, 1.165) is 5.56 Å². The Bertz CT molecular complexity index is 647. The predicted octanol–water partition coefficient (Wildman–Crippen LogP) is 2.55. The molecule has 0 unspecified atom stereocenters. The van der Waals surface area contributed by atoms with Crippen LogP contribution in [0.15, 0.2) is 48.5 Å². The van der Waals surface area contributed by atoms with Crippen LogP contribution in [0.1, 0.15) is 22.8 Å². The first-order valence-corrected chi connectivity index (χ1v) is 6.78. The van der Waals surface area contributed by atoms with Crippen molar-refractivity contribution in [3.05, 3.63) is 59.7 Å². The fourth-order valence-corrected chi connectivity index (χ4v) is 1.79. The molecule has 0 radical (unpaired) electrons. The van der Waals surface area contributed by atoms with Crippen molar-refractivity contribution in [1.29, 1.82) is 0 Å². The van der Waals surface area contributed by atoms with Crippen LogP contribution in [0, 0.1) is 0 Å². The molecule has 0 heterocycles. The molecule has 0 aliphatic heterocycles. The van der Waals surface area contributed by atoms with E-state index in [4.69, 9.17) is 9.47 Å². The van der Waals surface area contributed by atoms with Crippen LogP contribution in [0.2, 0.25) is 0 Å². The summed E-state index contributed by atoms with van der Waals surface area (Å²) in [7, 11) is 1.57. The van der Waals surface area contributed by atoms with Gasteiger partial charge in [-0.2, -0.15) is 0 Å². The van der Waals surface area contributed by atoms with Gasteiger partial charge in [-0.1, -0.05) is 12.1 Å². The van der Waals surface area contributed by atoms with E-state index in [2.05, 4.69) is 5.32 Å². The highest BCUT2D eigenvalue weighted by Gasteiger charge is 2.08. The van der Waals surface area contributed by atoms with E-state index in [9.17, 15) is 9.59 Å². The minimum absolute atomic E-state index is 0.0945. The van der Waals surface area contributed by atoms with Gasteiger partial charge in [0.05, 0.1) is 12.7 Å². The predicted molar refractivity (Wildman–Crippen MR) is 81.9 cm³/mol. The molecule has 0 atom stereocenters. The van der Waals surface area contributed by atoms with Crippen LogP contribution in [0.3, 0.4) is 0 Å². The van der Waals surface area contributed by atoms with E-state index in [0.29, 0.717) is 23.6 Å². The molecular formula is C17H17NO4. The number of esters is 1. The first-order chi connectivity index (χ1) is 10.6. The Morgan fingerprint density at radius 2 is 1.55 bits per heavy atom. The van der Waals surface area contributed by atoms with Crippen molar-refractivity contribution in [3.63, 3.8) is 0 Å². The van der Waals surface area contributed by atoms with Crippen molar-refractivity contribution in [2.75, 3.05) is 7.11 Å². The number of ether oxygens (including phenoxy) is 2. The average molecular weight is 299 g/mol. The van der Waals surface area contributed by atoms with Gasteiger partial charge >= 0.3 is 5.97 Å². The summed E-state index contributed by atoms with van der Waals surface area (Å²) in [6, 6.07) is 13.7. The smallest absolute Gasteiger partial charge is 0.343 e. The quantitative estimate of drug-likeness (QED) is 0.680. The van der Waals surface area contributed by atoms with Crippen molar-refractivity contribution in [3.8, 4) is 11.5 Å². The molecule has 2 aromatic carbocycles. The fourth-order valence-electron chi connectivity index (χ4n) is 1.79. The van der Waals surface area contributed by atoms with Crippen LogP contribution in [0.5, 0.6) is 11.5 Å². The number of hydrogen-bond donors (Lipinski definition) is 1. The maximum Gasteiger partial charge on any atom is 0.343 e.